The second kappa shape index (κ2) is 4.91. The highest BCUT2D eigenvalue weighted by Crippen LogP contribution is 2.27. The van der Waals surface area contributed by atoms with Crippen molar-refractivity contribution in [2.75, 3.05) is 11.1 Å². The Morgan fingerprint density at radius 3 is 3.00 bits per heavy atom. The molecule has 0 spiro atoms. The van der Waals surface area contributed by atoms with Crippen LogP contribution in [0.5, 0.6) is 0 Å². The maximum absolute atomic E-state index is 5.86. The molecule has 1 aliphatic carbocycles. The summed E-state index contributed by atoms with van der Waals surface area (Å²) in [6.45, 7) is 2.29. The molecule has 1 saturated carbocycles. The van der Waals surface area contributed by atoms with Gasteiger partial charge < -0.3 is 11.1 Å². The van der Waals surface area contributed by atoms with Crippen molar-refractivity contribution in [3.63, 3.8) is 0 Å². The van der Waals surface area contributed by atoms with Crippen LogP contribution in [-0.2, 0) is 0 Å². The Labute approximate surface area is 101 Å². The highest BCUT2D eigenvalue weighted by atomic mass is 35.5. The molecule has 0 bridgehead atoms. The molecular formula is C12H18ClN3. The first-order chi connectivity index (χ1) is 7.65. The Balaban J connectivity index is 2.05. The van der Waals surface area contributed by atoms with E-state index in [0.717, 1.165) is 11.7 Å². The molecule has 88 valence electrons. The van der Waals surface area contributed by atoms with Gasteiger partial charge in [0.15, 0.2) is 5.82 Å². The van der Waals surface area contributed by atoms with Crippen LogP contribution in [0.3, 0.4) is 0 Å². The van der Waals surface area contributed by atoms with Gasteiger partial charge in [0.2, 0.25) is 0 Å². The van der Waals surface area contributed by atoms with E-state index in [0.29, 0.717) is 16.9 Å². The number of nitrogens with zero attached hydrogens (tertiary/aromatic N) is 1. The highest BCUT2D eigenvalue weighted by molar-refractivity contribution is 6.29. The quantitative estimate of drug-likeness (QED) is 0.779. The molecule has 3 nitrogen and oxygen atoms in total. The smallest absolute Gasteiger partial charge is 0.151 e. The number of hydrogen-bond donors (Lipinski definition) is 2. The molecule has 1 fully saturated rings. The van der Waals surface area contributed by atoms with Gasteiger partial charge in [-0.25, -0.2) is 4.98 Å². The van der Waals surface area contributed by atoms with Crippen molar-refractivity contribution in [2.45, 2.75) is 38.6 Å². The summed E-state index contributed by atoms with van der Waals surface area (Å²) in [4.78, 5) is 4.22. The minimum Gasteiger partial charge on any atom is -0.396 e. The van der Waals surface area contributed by atoms with E-state index in [2.05, 4.69) is 17.2 Å². The lowest BCUT2D eigenvalue weighted by Gasteiger charge is -2.28. The van der Waals surface area contributed by atoms with Gasteiger partial charge in [0.05, 0.1) is 5.69 Å². The largest absolute Gasteiger partial charge is 0.396 e. The molecule has 0 aromatic carbocycles. The van der Waals surface area contributed by atoms with Crippen LogP contribution in [0.4, 0.5) is 11.5 Å². The molecule has 3 N–H and O–H groups in total. The molecule has 2 unspecified atom stereocenters. The van der Waals surface area contributed by atoms with Gasteiger partial charge in [-0.2, -0.15) is 0 Å². The van der Waals surface area contributed by atoms with Crippen molar-refractivity contribution >= 4 is 23.1 Å². The van der Waals surface area contributed by atoms with E-state index in [1.807, 2.05) is 0 Å². The fraction of sp³-hybridized carbons (Fsp3) is 0.583. The molecule has 2 rings (SSSR count). The standard InChI is InChI=1S/C12H18ClN3/c1-8-3-2-4-9(7-8)15-12-10(14)5-6-11(13)16-12/h5-6,8-9H,2-4,7,14H2,1H3,(H,15,16). The highest BCUT2D eigenvalue weighted by Gasteiger charge is 2.19. The number of halogens is 1. The second-order valence-electron chi connectivity index (χ2n) is 4.68. The van der Waals surface area contributed by atoms with Crippen LogP contribution in [-0.4, -0.2) is 11.0 Å². The predicted octanol–water partition coefficient (Wildman–Crippen LogP) is 3.31. The Bertz CT molecular complexity index is 367. The van der Waals surface area contributed by atoms with E-state index in [1.165, 1.54) is 25.7 Å². The van der Waals surface area contributed by atoms with Crippen LogP contribution in [0.25, 0.3) is 0 Å². The number of nitrogens with one attached hydrogen (secondary N) is 1. The van der Waals surface area contributed by atoms with E-state index in [-0.39, 0.29) is 0 Å². The summed E-state index contributed by atoms with van der Waals surface area (Å²) in [5, 5.41) is 3.89. The summed E-state index contributed by atoms with van der Waals surface area (Å²) < 4.78 is 0. The van der Waals surface area contributed by atoms with Crippen LogP contribution in [0, 0.1) is 5.92 Å². The summed E-state index contributed by atoms with van der Waals surface area (Å²) in [5.41, 5.74) is 6.53. The third kappa shape index (κ3) is 2.79. The zero-order valence-corrected chi connectivity index (χ0v) is 10.3. The predicted molar refractivity (Wildman–Crippen MR) is 68.7 cm³/mol. The van der Waals surface area contributed by atoms with Gasteiger partial charge in [0.1, 0.15) is 5.15 Å². The van der Waals surface area contributed by atoms with Crippen LogP contribution < -0.4 is 11.1 Å². The molecule has 16 heavy (non-hydrogen) atoms. The number of nitrogen functional groups attached to an aromatic ring is 1. The molecular weight excluding hydrogens is 222 g/mol. The van der Waals surface area contributed by atoms with E-state index < -0.39 is 0 Å². The number of anilines is 2. The van der Waals surface area contributed by atoms with Crippen molar-refractivity contribution in [2.24, 2.45) is 5.92 Å². The normalized spacial score (nSPS) is 25.4. The second-order valence-corrected chi connectivity index (χ2v) is 5.07. The molecule has 4 heteroatoms. The van der Waals surface area contributed by atoms with Crippen LogP contribution >= 0.6 is 11.6 Å². The SMILES string of the molecule is CC1CCCC(Nc2nc(Cl)ccc2N)C1. The van der Waals surface area contributed by atoms with Gasteiger partial charge in [-0.05, 0) is 30.9 Å². The zero-order valence-electron chi connectivity index (χ0n) is 9.54. The number of pyridine rings is 1. The third-order valence-corrected chi connectivity index (χ3v) is 3.38. The minimum absolute atomic E-state index is 0.483. The molecule has 0 amide bonds. The molecule has 0 radical (unpaired) electrons. The van der Waals surface area contributed by atoms with Gasteiger partial charge in [-0.1, -0.05) is 31.4 Å². The molecule has 1 aromatic rings. The fourth-order valence-electron chi connectivity index (χ4n) is 2.32. The summed E-state index contributed by atoms with van der Waals surface area (Å²) in [6.07, 6.45) is 4.99. The Hall–Kier alpha value is -0.960. The topological polar surface area (TPSA) is 50.9 Å². The first-order valence-corrected chi connectivity index (χ1v) is 6.21. The lowest BCUT2D eigenvalue weighted by atomic mass is 9.87. The third-order valence-electron chi connectivity index (χ3n) is 3.17. The first-order valence-electron chi connectivity index (χ1n) is 5.83. The molecule has 1 aliphatic rings. The lowest BCUT2D eigenvalue weighted by Crippen LogP contribution is -2.27. The van der Waals surface area contributed by atoms with Crippen molar-refractivity contribution in [3.8, 4) is 0 Å². The fourth-order valence-corrected chi connectivity index (χ4v) is 2.47. The number of rotatable bonds is 2. The molecule has 1 heterocycles. The van der Waals surface area contributed by atoms with Gasteiger partial charge in [0.25, 0.3) is 0 Å². The molecule has 2 atom stereocenters. The number of aromatic nitrogens is 1. The summed E-state index contributed by atoms with van der Waals surface area (Å²) >= 11 is 5.86. The van der Waals surface area contributed by atoms with Gasteiger partial charge in [-0.3, -0.25) is 0 Å². The van der Waals surface area contributed by atoms with Gasteiger partial charge >= 0.3 is 0 Å². The first kappa shape index (κ1) is 11.5. The lowest BCUT2D eigenvalue weighted by molar-refractivity contribution is 0.358. The Morgan fingerprint density at radius 2 is 2.25 bits per heavy atom. The maximum atomic E-state index is 5.86. The monoisotopic (exact) mass is 239 g/mol. The number of nitrogens with two attached hydrogens (primary N) is 1. The number of hydrogen-bond acceptors (Lipinski definition) is 3. The van der Waals surface area contributed by atoms with Crippen molar-refractivity contribution in [3.05, 3.63) is 17.3 Å². The van der Waals surface area contributed by atoms with E-state index in [1.54, 1.807) is 12.1 Å². The van der Waals surface area contributed by atoms with Crippen LogP contribution in [0.1, 0.15) is 32.6 Å². The van der Waals surface area contributed by atoms with Crippen molar-refractivity contribution in [1.82, 2.24) is 4.98 Å². The van der Waals surface area contributed by atoms with Gasteiger partial charge in [0, 0.05) is 6.04 Å². The minimum atomic E-state index is 0.483. The Kier molecular flexibility index (Phi) is 3.54. The van der Waals surface area contributed by atoms with Crippen molar-refractivity contribution < 1.29 is 0 Å². The van der Waals surface area contributed by atoms with Crippen LogP contribution in [0.15, 0.2) is 12.1 Å². The average molecular weight is 240 g/mol. The molecule has 0 saturated heterocycles. The van der Waals surface area contributed by atoms with Crippen molar-refractivity contribution in [1.29, 1.82) is 0 Å². The van der Waals surface area contributed by atoms with E-state index in [9.17, 15) is 0 Å². The van der Waals surface area contributed by atoms with Gasteiger partial charge in [-0.15, -0.1) is 0 Å². The zero-order chi connectivity index (χ0) is 11.5. The molecule has 0 aliphatic heterocycles. The van der Waals surface area contributed by atoms with E-state index >= 15 is 0 Å². The summed E-state index contributed by atoms with van der Waals surface area (Å²) in [7, 11) is 0. The summed E-state index contributed by atoms with van der Waals surface area (Å²) in [6, 6.07) is 3.99. The van der Waals surface area contributed by atoms with E-state index in [4.69, 9.17) is 17.3 Å². The average Bonchev–Trinajstić information content (AvgIpc) is 2.24. The van der Waals surface area contributed by atoms with Crippen LogP contribution in [0.2, 0.25) is 5.15 Å². The maximum Gasteiger partial charge on any atom is 0.151 e. The Morgan fingerprint density at radius 1 is 1.44 bits per heavy atom. The summed E-state index contributed by atoms with van der Waals surface area (Å²) in [5.74, 6) is 1.51. The molecule has 1 aromatic heterocycles.